The van der Waals surface area contributed by atoms with E-state index in [1.165, 1.54) is 0 Å². The van der Waals surface area contributed by atoms with E-state index < -0.39 is 15.4 Å². The van der Waals surface area contributed by atoms with E-state index in [0.717, 1.165) is 30.4 Å². The third-order valence-electron chi connectivity index (χ3n) is 6.03. The van der Waals surface area contributed by atoms with E-state index in [2.05, 4.69) is 40.8 Å². The zero-order chi connectivity index (χ0) is 21.0. The summed E-state index contributed by atoms with van der Waals surface area (Å²) < 4.78 is 25.1. The van der Waals surface area contributed by atoms with Crippen LogP contribution >= 0.6 is 0 Å². The first-order valence-corrected chi connectivity index (χ1v) is 11.9. The summed E-state index contributed by atoms with van der Waals surface area (Å²) in [4.78, 5) is 4.34. The van der Waals surface area contributed by atoms with E-state index in [4.69, 9.17) is 5.10 Å². The molecule has 0 aromatic carbocycles. The van der Waals surface area contributed by atoms with Gasteiger partial charge in [-0.3, -0.25) is 4.90 Å². The van der Waals surface area contributed by atoms with Gasteiger partial charge in [0.2, 0.25) is 0 Å². The number of hydrogen-bond donors (Lipinski definition) is 1. The Hall–Kier alpha value is -1.78. The van der Waals surface area contributed by atoms with Crippen LogP contribution in [-0.2, 0) is 15.3 Å². The molecule has 0 spiro atoms. The smallest absolute Gasteiger partial charge is 0.178 e. The van der Waals surface area contributed by atoms with Crippen molar-refractivity contribution in [2.75, 3.05) is 43.1 Å². The molecule has 0 atom stereocenters. The van der Waals surface area contributed by atoms with Crippen LogP contribution < -0.4 is 4.90 Å². The van der Waals surface area contributed by atoms with Gasteiger partial charge in [-0.05, 0) is 32.0 Å². The molecule has 0 unspecified atom stereocenters. The Morgan fingerprint density at radius 2 is 1.86 bits per heavy atom. The predicted octanol–water partition coefficient (Wildman–Crippen LogP) is 0.482. The molecule has 2 aromatic rings. The first-order valence-electron chi connectivity index (χ1n) is 10.1. The maximum atomic E-state index is 11.6. The molecular formula is C19H30N6O3S. The Labute approximate surface area is 171 Å². The number of sulfone groups is 1. The maximum Gasteiger partial charge on any atom is 0.178 e. The molecule has 2 saturated heterocycles. The molecule has 2 aliphatic rings. The molecule has 9 nitrogen and oxygen atoms in total. The summed E-state index contributed by atoms with van der Waals surface area (Å²) in [5, 5.41) is 24.0. The van der Waals surface area contributed by atoms with Gasteiger partial charge in [0.15, 0.2) is 21.3 Å². The first-order chi connectivity index (χ1) is 13.5. The highest BCUT2D eigenvalue weighted by Crippen LogP contribution is 2.28. The summed E-state index contributed by atoms with van der Waals surface area (Å²) >= 11 is 0. The van der Waals surface area contributed by atoms with Crippen LogP contribution in [0.4, 0.5) is 5.82 Å². The van der Waals surface area contributed by atoms with Crippen LogP contribution in [0.1, 0.15) is 39.4 Å². The number of hydrogen-bond acceptors (Lipinski definition) is 8. The van der Waals surface area contributed by atoms with Crippen LogP contribution in [0, 0.1) is 0 Å². The summed E-state index contributed by atoms with van der Waals surface area (Å²) in [5.41, 5.74) is -0.324. The van der Waals surface area contributed by atoms with Crippen molar-refractivity contribution in [3.8, 4) is 0 Å². The molecule has 1 N–H and O–H groups in total. The molecule has 0 bridgehead atoms. The molecule has 2 aromatic heterocycles. The SMILES string of the molecule is CN(CC1(O)CCS(=O)(=O)CC1)C1CN(c2ccc3nnc(C(C)(C)C)n3n2)C1. The summed E-state index contributed by atoms with van der Waals surface area (Å²) in [6, 6.07) is 4.21. The standard InChI is InChI=1S/C19H30N6O3S/c1-18(2,3)17-21-20-15-5-6-16(22-25(15)17)24-11-14(12-24)23(4)13-19(26)7-9-29(27,28)10-8-19/h5-6,14,26H,7-13H2,1-4H3. The average Bonchev–Trinajstić information content (AvgIpc) is 3.00. The molecule has 10 heteroatoms. The summed E-state index contributed by atoms with van der Waals surface area (Å²) in [7, 11) is -0.984. The quantitative estimate of drug-likeness (QED) is 0.759. The van der Waals surface area contributed by atoms with E-state index in [0.29, 0.717) is 25.4 Å². The lowest BCUT2D eigenvalue weighted by Crippen LogP contribution is -2.61. The molecule has 4 rings (SSSR count). The largest absolute Gasteiger partial charge is 0.388 e. The van der Waals surface area contributed by atoms with Crippen molar-refractivity contribution >= 4 is 21.3 Å². The minimum Gasteiger partial charge on any atom is -0.388 e. The molecule has 0 radical (unpaired) electrons. The van der Waals surface area contributed by atoms with Crippen LogP contribution in [0.2, 0.25) is 0 Å². The number of fused-ring (bicyclic) bond motifs is 1. The molecule has 29 heavy (non-hydrogen) atoms. The fourth-order valence-corrected chi connectivity index (χ4v) is 5.59. The number of rotatable bonds is 4. The number of likely N-dealkylation sites (N-methyl/N-ethyl adjacent to an activating group) is 1. The summed E-state index contributed by atoms with van der Waals surface area (Å²) in [6.07, 6.45) is 0.634. The number of aliphatic hydroxyl groups is 1. The highest BCUT2D eigenvalue weighted by molar-refractivity contribution is 7.91. The van der Waals surface area contributed by atoms with Crippen LogP contribution in [0.3, 0.4) is 0 Å². The second kappa shape index (κ2) is 6.88. The van der Waals surface area contributed by atoms with Crippen molar-refractivity contribution in [1.29, 1.82) is 0 Å². The fraction of sp³-hybridized carbons (Fsp3) is 0.737. The van der Waals surface area contributed by atoms with Crippen molar-refractivity contribution in [1.82, 2.24) is 24.7 Å². The Morgan fingerprint density at radius 3 is 2.48 bits per heavy atom. The third-order valence-corrected chi connectivity index (χ3v) is 7.68. The Balaban J connectivity index is 1.39. The van der Waals surface area contributed by atoms with E-state index in [-0.39, 0.29) is 16.9 Å². The second-order valence-corrected chi connectivity index (χ2v) is 11.9. The third kappa shape index (κ3) is 4.10. The highest BCUT2D eigenvalue weighted by Gasteiger charge is 2.39. The van der Waals surface area contributed by atoms with Gasteiger partial charge in [0, 0.05) is 31.1 Å². The summed E-state index contributed by atoms with van der Waals surface area (Å²) in [5.74, 6) is 1.87. The molecule has 160 valence electrons. The average molecular weight is 423 g/mol. The Morgan fingerprint density at radius 1 is 1.21 bits per heavy atom. The monoisotopic (exact) mass is 422 g/mol. The lowest BCUT2D eigenvalue weighted by atomic mass is 9.94. The van der Waals surface area contributed by atoms with E-state index in [9.17, 15) is 13.5 Å². The molecule has 2 fully saturated rings. The predicted molar refractivity (Wildman–Crippen MR) is 111 cm³/mol. The second-order valence-electron chi connectivity index (χ2n) is 9.59. The van der Waals surface area contributed by atoms with Crippen molar-refractivity contribution in [3.63, 3.8) is 0 Å². The van der Waals surface area contributed by atoms with Crippen LogP contribution in [0.15, 0.2) is 12.1 Å². The molecule has 4 heterocycles. The Kier molecular flexibility index (Phi) is 4.86. The molecule has 0 aliphatic carbocycles. The Bertz CT molecular complexity index is 993. The van der Waals surface area contributed by atoms with Crippen molar-refractivity contribution in [3.05, 3.63) is 18.0 Å². The van der Waals surface area contributed by atoms with Crippen molar-refractivity contribution < 1.29 is 13.5 Å². The lowest BCUT2D eigenvalue weighted by Gasteiger charge is -2.47. The van der Waals surface area contributed by atoms with Crippen LogP contribution in [0.5, 0.6) is 0 Å². The number of nitrogens with zero attached hydrogens (tertiary/aromatic N) is 6. The van der Waals surface area contributed by atoms with Gasteiger partial charge in [-0.2, -0.15) is 4.52 Å². The van der Waals surface area contributed by atoms with Gasteiger partial charge in [-0.1, -0.05) is 20.8 Å². The topological polar surface area (TPSA) is 104 Å². The van der Waals surface area contributed by atoms with Gasteiger partial charge in [-0.15, -0.1) is 15.3 Å². The maximum absolute atomic E-state index is 11.6. The van der Waals surface area contributed by atoms with Gasteiger partial charge in [0.1, 0.15) is 5.82 Å². The minimum absolute atomic E-state index is 0.0765. The van der Waals surface area contributed by atoms with Crippen LogP contribution in [0.25, 0.3) is 5.65 Å². The number of anilines is 1. The van der Waals surface area contributed by atoms with E-state index >= 15 is 0 Å². The minimum atomic E-state index is -2.98. The highest BCUT2D eigenvalue weighted by atomic mass is 32.2. The van der Waals surface area contributed by atoms with Crippen molar-refractivity contribution in [2.45, 2.75) is 50.7 Å². The molecular weight excluding hydrogens is 392 g/mol. The zero-order valence-electron chi connectivity index (χ0n) is 17.5. The summed E-state index contributed by atoms with van der Waals surface area (Å²) in [6.45, 7) is 8.40. The van der Waals surface area contributed by atoms with Gasteiger partial charge in [0.05, 0.1) is 17.1 Å². The first kappa shape index (κ1) is 20.5. The van der Waals surface area contributed by atoms with E-state index in [1.807, 2.05) is 23.7 Å². The zero-order valence-corrected chi connectivity index (χ0v) is 18.4. The van der Waals surface area contributed by atoms with Crippen LogP contribution in [-0.4, -0.2) is 88.1 Å². The number of aromatic nitrogens is 4. The molecule has 0 amide bonds. The lowest BCUT2D eigenvalue weighted by molar-refractivity contribution is -0.0115. The molecule has 0 saturated carbocycles. The van der Waals surface area contributed by atoms with Gasteiger partial charge < -0.3 is 10.0 Å². The van der Waals surface area contributed by atoms with E-state index in [1.54, 1.807) is 0 Å². The fourth-order valence-electron chi connectivity index (χ4n) is 4.01. The van der Waals surface area contributed by atoms with Gasteiger partial charge >= 0.3 is 0 Å². The van der Waals surface area contributed by atoms with Gasteiger partial charge in [-0.25, -0.2) is 8.42 Å². The molecule has 2 aliphatic heterocycles. The van der Waals surface area contributed by atoms with Crippen molar-refractivity contribution in [2.24, 2.45) is 0 Å². The van der Waals surface area contributed by atoms with Gasteiger partial charge in [0.25, 0.3) is 0 Å². The normalized spacial score (nSPS) is 22.2.